The number of hydrogen-bond donors (Lipinski definition) is 3. The third-order valence-corrected chi connectivity index (χ3v) is 11.7. The number of aryl methyl sites for hydroxylation is 3. The van der Waals surface area contributed by atoms with Crippen LogP contribution in [0, 0.1) is 16.2 Å². The molecule has 3 N–H and O–H groups in total. The zero-order valence-corrected chi connectivity index (χ0v) is 37.4. The van der Waals surface area contributed by atoms with Crippen molar-refractivity contribution in [3.05, 3.63) is 156 Å². The normalized spacial score (nSPS) is 10.7. The number of nitrogens with zero attached hydrogens (tertiary/aromatic N) is 3. The Balaban J connectivity index is 0.00000217. The second kappa shape index (κ2) is 21.1. The summed E-state index contributed by atoms with van der Waals surface area (Å²) in [6.45, 7) is 2.28. The molecule has 0 radical (unpaired) electrons. The van der Waals surface area contributed by atoms with Crippen LogP contribution in [-0.4, -0.2) is 13.7 Å². The molecule has 0 bridgehead atoms. The van der Waals surface area contributed by atoms with Gasteiger partial charge in [0.25, 0.3) is 0 Å². The van der Waals surface area contributed by atoms with Gasteiger partial charge in [-0.05, 0) is 73.4 Å². The molecule has 0 aliphatic heterocycles. The van der Waals surface area contributed by atoms with Crippen molar-refractivity contribution < 1.29 is 0 Å². The van der Waals surface area contributed by atoms with Gasteiger partial charge in [-0.15, -0.1) is 85.0 Å². The average molecular weight is 970 g/mol. The maximum atomic E-state index is 8.86. The molecule has 0 fully saturated rings. The van der Waals surface area contributed by atoms with Crippen molar-refractivity contribution in [1.82, 2.24) is 13.7 Å². The van der Waals surface area contributed by atoms with Crippen LogP contribution in [0.25, 0.3) is 33.8 Å². The standard InChI is InChI=1S/C42H42N6S3.3BrH/c43-40-46(22-10-19-31-13-4-1-5-14-31)37(28-49-40)34-25-35(38-29-50-41(44)47(38)23-11-20-32-15-6-2-7-16-32)27-36(26-34)39-30-51-42(45)48(39)24-12-21-33-17-8-3-9-18-33;;;/h1-9,13-18,25-30,43-45H,10-12,19-24H2;3*1H. The van der Waals surface area contributed by atoms with Crippen molar-refractivity contribution in [2.75, 3.05) is 0 Å². The van der Waals surface area contributed by atoms with Gasteiger partial charge in [0.15, 0.2) is 14.4 Å². The van der Waals surface area contributed by atoms with Gasteiger partial charge in [0.2, 0.25) is 0 Å². The third-order valence-electron chi connectivity index (χ3n) is 9.34. The van der Waals surface area contributed by atoms with Gasteiger partial charge in [-0.3, -0.25) is 16.2 Å². The maximum Gasteiger partial charge on any atom is 0.182 e. The van der Waals surface area contributed by atoms with Crippen LogP contribution >= 0.6 is 85.0 Å². The van der Waals surface area contributed by atoms with Gasteiger partial charge in [0, 0.05) is 52.5 Å². The molecule has 0 spiro atoms. The zero-order valence-electron chi connectivity index (χ0n) is 29.8. The molecule has 0 saturated heterocycles. The number of thiazole rings is 3. The average Bonchev–Trinajstić information content (AvgIpc) is 3.85. The first kappa shape index (κ1) is 43.3. The quantitative estimate of drug-likeness (QED) is 0.0914. The summed E-state index contributed by atoms with van der Waals surface area (Å²) in [6.07, 6.45) is 5.71. The largest absolute Gasteiger partial charge is 0.317 e. The molecule has 3 aromatic heterocycles. The molecule has 0 aliphatic rings. The van der Waals surface area contributed by atoms with Crippen molar-refractivity contribution in [3.63, 3.8) is 0 Å². The molecule has 4 aromatic carbocycles. The van der Waals surface area contributed by atoms with Crippen LogP contribution in [0.1, 0.15) is 36.0 Å². The highest BCUT2D eigenvalue weighted by Crippen LogP contribution is 2.34. The van der Waals surface area contributed by atoms with Crippen LogP contribution in [0.3, 0.4) is 0 Å². The van der Waals surface area contributed by atoms with Gasteiger partial charge in [-0.25, -0.2) is 0 Å². The lowest BCUT2D eigenvalue weighted by atomic mass is 10.00. The van der Waals surface area contributed by atoms with E-state index < -0.39 is 0 Å². The van der Waals surface area contributed by atoms with Crippen LogP contribution in [-0.2, 0) is 38.9 Å². The summed E-state index contributed by atoms with van der Waals surface area (Å²) >= 11 is 4.41. The van der Waals surface area contributed by atoms with Crippen LogP contribution in [0.2, 0.25) is 0 Å². The number of benzene rings is 4. The fourth-order valence-electron chi connectivity index (χ4n) is 6.71. The molecule has 0 atom stereocenters. The molecule has 0 unspecified atom stereocenters. The first-order valence-electron chi connectivity index (χ1n) is 17.5. The van der Waals surface area contributed by atoms with Crippen LogP contribution in [0.4, 0.5) is 0 Å². The predicted molar refractivity (Wildman–Crippen MR) is 243 cm³/mol. The highest BCUT2D eigenvalue weighted by Gasteiger charge is 2.17. The van der Waals surface area contributed by atoms with Crippen molar-refractivity contribution in [2.45, 2.75) is 58.2 Å². The summed E-state index contributed by atoms with van der Waals surface area (Å²) in [5.41, 5.74) is 10.2. The van der Waals surface area contributed by atoms with E-state index in [1.165, 1.54) is 50.7 Å². The van der Waals surface area contributed by atoms with Crippen molar-refractivity contribution in [3.8, 4) is 33.8 Å². The molecule has 0 saturated carbocycles. The van der Waals surface area contributed by atoms with Crippen LogP contribution in [0.5, 0.6) is 0 Å². The molecule has 0 aliphatic carbocycles. The fourth-order valence-corrected chi connectivity index (χ4v) is 9.12. The molecule has 7 aromatic rings. The van der Waals surface area contributed by atoms with E-state index in [0.29, 0.717) is 14.4 Å². The molecular weight excluding hydrogens is 924 g/mol. The molecule has 6 nitrogen and oxygen atoms in total. The zero-order chi connectivity index (χ0) is 35.0. The van der Waals surface area contributed by atoms with E-state index in [1.807, 2.05) is 0 Å². The second-order valence-corrected chi connectivity index (χ2v) is 15.4. The fraction of sp³-hybridized carbons (Fsp3) is 0.214. The van der Waals surface area contributed by atoms with Crippen molar-refractivity contribution >= 4 is 85.0 Å². The Morgan fingerprint density at radius 3 is 0.907 bits per heavy atom. The molecule has 7 rings (SSSR count). The van der Waals surface area contributed by atoms with Crippen molar-refractivity contribution in [1.29, 1.82) is 16.2 Å². The monoisotopic (exact) mass is 966 g/mol. The summed E-state index contributed by atoms with van der Waals surface area (Å²) in [4.78, 5) is 1.64. The lowest BCUT2D eigenvalue weighted by molar-refractivity contribution is 0.627. The number of rotatable bonds is 15. The first-order chi connectivity index (χ1) is 25.0. The predicted octanol–water partition coefficient (Wildman–Crippen LogP) is 11.3. The van der Waals surface area contributed by atoms with Gasteiger partial charge in [0.1, 0.15) is 0 Å². The molecule has 3 heterocycles. The van der Waals surface area contributed by atoms with E-state index in [2.05, 4.69) is 139 Å². The van der Waals surface area contributed by atoms with E-state index >= 15 is 0 Å². The Morgan fingerprint density at radius 2 is 0.648 bits per heavy atom. The van der Waals surface area contributed by atoms with Crippen LogP contribution in [0.15, 0.2) is 125 Å². The Bertz CT molecular complexity index is 2100. The van der Waals surface area contributed by atoms with Gasteiger partial charge < -0.3 is 13.7 Å². The summed E-state index contributed by atoms with van der Waals surface area (Å²) in [5, 5.41) is 32.9. The minimum atomic E-state index is 0. The first-order valence-corrected chi connectivity index (χ1v) is 20.1. The Labute approximate surface area is 360 Å². The highest BCUT2D eigenvalue weighted by molar-refractivity contribution is 8.93. The molecule has 0 amide bonds. The Morgan fingerprint density at radius 1 is 0.389 bits per heavy atom. The highest BCUT2D eigenvalue weighted by atomic mass is 79.9. The van der Waals surface area contributed by atoms with Gasteiger partial charge >= 0.3 is 0 Å². The number of aromatic nitrogens is 3. The summed E-state index contributed by atoms with van der Waals surface area (Å²) < 4.78 is 6.43. The van der Waals surface area contributed by atoms with E-state index in [9.17, 15) is 0 Å². The molecule has 282 valence electrons. The second-order valence-electron chi connectivity index (χ2n) is 12.8. The van der Waals surface area contributed by atoms with Gasteiger partial charge in [0.05, 0.1) is 17.1 Å². The summed E-state index contributed by atoms with van der Waals surface area (Å²) in [6, 6.07) is 38.4. The SMILES string of the molecule is Br.Br.Br.N=c1scc(-c2cc(-c3csc(=N)n3CCCc3ccccc3)cc(-c3csc(=N)n3CCCc3ccccc3)c2)n1CCCc1ccccc1. The molecular formula is C42H45Br3N6S3. The number of nitrogens with one attached hydrogen (secondary N) is 3. The van der Waals surface area contributed by atoms with Gasteiger partial charge in [-0.1, -0.05) is 91.0 Å². The topological polar surface area (TPSA) is 86.3 Å². The lowest BCUT2D eigenvalue weighted by Gasteiger charge is -2.16. The molecule has 54 heavy (non-hydrogen) atoms. The Hall–Kier alpha value is -3.39. The van der Waals surface area contributed by atoms with Crippen molar-refractivity contribution in [2.24, 2.45) is 0 Å². The smallest absolute Gasteiger partial charge is 0.182 e. The third kappa shape index (κ3) is 10.7. The van der Waals surface area contributed by atoms with E-state index in [4.69, 9.17) is 16.2 Å². The maximum absolute atomic E-state index is 8.86. The molecule has 12 heteroatoms. The van der Waals surface area contributed by atoms with E-state index in [1.54, 1.807) is 0 Å². The summed E-state index contributed by atoms with van der Waals surface area (Å²) in [7, 11) is 0. The lowest BCUT2D eigenvalue weighted by Crippen LogP contribution is -2.16. The van der Waals surface area contributed by atoms with E-state index in [0.717, 1.165) is 91.9 Å². The minimum absolute atomic E-state index is 0. The van der Waals surface area contributed by atoms with E-state index in [-0.39, 0.29) is 50.9 Å². The minimum Gasteiger partial charge on any atom is -0.317 e. The number of halogens is 3. The summed E-state index contributed by atoms with van der Waals surface area (Å²) in [5.74, 6) is 0. The van der Waals surface area contributed by atoms with Gasteiger partial charge in [-0.2, -0.15) is 0 Å². The Kier molecular flexibility index (Phi) is 16.9. The van der Waals surface area contributed by atoms with Crippen LogP contribution < -0.4 is 14.4 Å². The number of hydrogen-bond acceptors (Lipinski definition) is 6.